The first-order valence-electron chi connectivity index (χ1n) is 4.53. The lowest BCUT2D eigenvalue weighted by molar-refractivity contribution is 0.424. The Morgan fingerprint density at radius 3 is 3.00 bits per heavy atom. The maximum atomic E-state index is 5.79. The molecule has 0 bridgehead atoms. The minimum absolute atomic E-state index is 0.582. The lowest BCUT2D eigenvalue weighted by Gasteiger charge is -2.23. The van der Waals surface area contributed by atoms with Gasteiger partial charge in [0.15, 0.2) is 0 Å². The first-order chi connectivity index (χ1) is 5.70. The van der Waals surface area contributed by atoms with E-state index in [9.17, 15) is 0 Å². The van der Waals surface area contributed by atoms with Crippen LogP contribution in [0, 0.1) is 6.92 Å². The smallest absolute Gasteiger partial charge is 0.145 e. The summed E-state index contributed by atoms with van der Waals surface area (Å²) in [7, 11) is 0. The predicted octanol–water partition coefficient (Wildman–Crippen LogP) is 1.67. The van der Waals surface area contributed by atoms with Crippen molar-refractivity contribution in [1.82, 2.24) is 9.55 Å². The Kier molecular flexibility index (Phi) is 1.60. The molecule has 1 unspecified atom stereocenters. The van der Waals surface area contributed by atoms with Crippen molar-refractivity contribution in [3.63, 3.8) is 0 Å². The molecule has 1 atom stereocenters. The Morgan fingerprint density at radius 1 is 1.58 bits per heavy atom. The van der Waals surface area contributed by atoms with Gasteiger partial charge in [-0.2, -0.15) is 0 Å². The number of aromatic nitrogens is 2. The van der Waals surface area contributed by atoms with Crippen molar-refractivity contribution in [3.05, 3.63) is 11.5 Å². The minimum atomic E-state index is 0.582. The number of nitrogens with zero attached hydrogens (tertiary/aromatic N) is 2. The molecule has 3 nitrogen and oxygen atoms in total. The number of nitrogen functional groups attached to an aromatic ring is 1. The van der Waals surface area contributed by atoms with Crippen LogP contribution >= 0.6 is 0 Å². The van der Waals surface area contributed by atoms with Crippen molar-refractivity contribution in [3.8, 4) is 0 Å². The number of hydrogen-bond acceptors (Lipinski definition) is 2. The molecule has 0 saturated heterocycles. The quantitative estimate of drug-likeness (QED) is 0.635. The molecule has 0 amide bonds. The van der Waals surface area contributed by atoms with Crippen LogP contribution in [0.2, 0.25) is 0 Å². The zero-order chi connectivity index (χ0) is 8.72. The van der Waals surface area contributed by atoms with Crippen LogP contribution in [0.3, 0.4) is 0 Å². The number of rotatable bonds is 0. The molecule has 0 fully saturated rings. The van der Waals surface area contributed by atoms with E-state index in [1.807, 2.05) is 6.92 Å². The van der Waals surface area contributed by atoms with E-state index in [2.05, 4.69) is 16.5 Å². The SMILES string of the molecule is Cc1nc(N)c2n1C(C)CCC2. The van der Waals surface area contributed by atoms with E-state index in [0.717, 1.165) is 18.1 Å². The summed E-state index contributed by atoms with van der Waals surface area (Å²) in [4.78, 5) is 4.28. The van der Waals surface area contributed by atoms with Crippen LogP contribution in [-0.4, -0.2) is 9.55 Å². The number of aryl methyl sites for hydroxylation is 1. The summed E-state index contributed by atoms with van der Waals surface area (Å²) in [6.45, 7) is 4.26. The average Bonchev–Trinajstić information content (AvgIpc) is 2.29. The molecule has 2 N–H and O–H groups in total. The molecule has 1 aromatic rings. The second-order valence-corrected chi connectivity index (χ2v) is 3.60. The normalized spacial score (nSPS) is 22.3. The van der Waals surface area contributed by atoms with Gasteiger partial charge in [-0.15, -0.1) is 0 Å². The Balaban J connectivity index is 2.55. The molecule has 2 heterocycles. The fourth-order valence-electron chi connectivity index (χ4n) is 2.14. The highest BCUT2D eigenvalue weighted by atomic mass is 15.1. The van der Waals surface area contributed by atoms with Crippen molar-refractivity contribution in [2.75, 3.05) is 5.73 Å². The maximum Gasteiger partial charge on any atom is 0.145 e. The summed E-state index contributed by atoms with van der Waals surface area (Å²) in [5.41, 5.74) is 7.03. The number of nitrogens with two attached hydrogens (primary N) is 1. The highest BCUT2D eigenvalue weighted by molar-refractivity contribution is 5.38. The van der Waals surface area contributed by atoms with Crippen LogP contribution in [0.4, 0.5) is 5.82 Å². The molecule has 3 heteroatoms. The molecule has 66 valence electrons. The van der Waals surface area contributed by atoms with E-state index in [0.29, 0.717) is 6.04 Å². The highest BCUT2D eigenvalue weighted by Crippen LogP contribution is 2.29. The van der Waals surface area contributed by atoms with Crippen molar-refractivity contribution in [1.29, 1.82) is 0 Å². The minimum Gasteiger partial charge on any atom is -0.382 e. The van der Waals surface area contributed by atoms with Crippen molar-refractivity contribution >= 4 is 5.82 Å². The fraction of sp³-hybridized carbons (Fsp3) is 0.667. The van der Waals surface area contributed by atoms with Crippen LogP contribution in [-0.2, 0) is 6.42 Å². The Labute approximate surface area is 72.6 Å². The van der Waals surface area contributed by atoms with Crippen molar-refractivity contribution in [2.24, 2.45) is 0 Å². The number of fused-ring (bicyclic) bond motifs is 1. The molecule has 1 aliphatic heterocycles. The van der Waals surface area contributed by atoms with E-state index >= 15 is 0 Å². The van der Waals surface area contributed by atoms with Gasteiger partial charge in [0.1, 0.15) is 11.6 Å². The molecular weight excluding hydrogens is 150 g/mol. The van der Waals surface area contributed by atoms with Gasteiger partial charge in [-0.1, -0.05) is 0 Å². The summed E-state index contributed by atoms with van der Waals surface area (Å²) in [5.74, 6) is 1.80. The van der Waals surface area contributed by atoms with Crippen molar-refractivity contribution < 1.29 is 0 Å². The summed E-state index contributed by atoms with van der Waals surface area (Å²) in [6.07, 6.45) is 3.59. The molecule has 0 aromatic carbocycles. The van der Waals surface area contributed by atoms with Gasteiger partial charge in [0.2, 0.25) is 0 Å². The molecule has 0 saturated carbocycles. The van der Waals surface area contributed by atoms with Crippen molar-refractivity contribution in [2.45, 2.75) is 39.2 Å². The van der Waals surface area contributed by atoms with Gasteiger partial charge in [-0.25, -0.2) is 4.98 Å². The topological polar surface area (TPSA) is 43.8 Å². The van der Waals surface area contributed by atoms with Crippen LogP contribution in [0.1, 0.15) is 37.3 Å². The fourth-order valence-corrected chi connectivity index (χ4v) is 2.14. The predicted molar refractivity (Wildman–Crippen MR) is 49.0 cm³/mol. The molecule has 12 heavy (non-hydrogen) atoms. The van der Waals surface area contributed by atoms with Gasteiger partial charge >= 0.3 is 0 Å². The molecule has 0 spiro atoms. The zero-order valence-corrected chi connectivity index (χ0v) is 7.67. The van der Waals surface area contributed by atoms with Crippen LogP contribution < -0.4 is 5.73 Å². The van der Waals surface area contributed by atoms with Crippen LogP contribution in [0.15, 0.2) is 0 Å². The monoisotopic (exact) mass is 165 g/mol. The summed E-state index contributed by atoms with van der Waals surface area (Å²) < 4.78 is 2.28. The van der Waals surface area contributed by atoms with Crippen LogP contribution in [0.5, 0.6) is 0 Å². The van der Waals surface area contributed by atoms with Gasteiger partial charge < -0.3 is 10.3 Å². The molecule has 1 aromatic heterocycles. The van der Waals surface area contributed by atoms with E-state index < -0.39 is 0 Å². The lowest BCUT2D eigenvalue weighted by Crippen LogP contribution is -2.16. The van der Waals surface area contributed by atoms with E-state index in [1.54, 1.807) is 0 Å². The van der Waals surface area contributed by atoms with Gasteiger partial charge in [0, 0.05) is 6.04 Å². The van der Waals surface area contributed by atoms with Gasteiger partial charge in [0.25, 0.3) is 0 Å². The number of imidazole rings is 1. The van der Waals surface area contributed by atoms with Gasteiger partial charge in [-0.05, 0) is 33.1 Å². The molecule has 1 aliphatic rings. The number of hydrogen-bond donors (Lipinski definition) is 1. The van der Waals surface area contributed by atoms with E-state index in [-0.39, 0.29) is 0 Å². The zero-order valence-electron chi connectivity index (χ0n) is 7.67. The summed E-state index contributed by atoms with van der Waals surface area (Å²) >= 11 is 0. The summed E-state index contributed by atoms with van der Waals surface area (Å²) in [6, 6.07) is 0.582. The standard InChI is InChI=1S/C9H15N3/c1-6-4-3-5-8-9(10)11-7(2)12(6)8/h6H,3-5,10H2,1-2H3. The second kappa shape index (κ2) is 2.51. The van der Waals surface area contributed by atoms with E-state index in [1.165, 1.54) is 18.5 Å². The summed E-state index contributed by atoms with van der Waals surface area (Å²) in [5, 5.41) is 0. The Morgan fingerprint density at radius 2 is 2.33 bits per heavy atom. The molecular formula is C9H15N3. The van der Waals surface area contributed by atoms with Crippen LogP contribution in [0.25, 0.3) is 0 Å². The Hall–Kier alpha value is -0.990. The molecule has 2 rings (SSSR count). The number of anilines is 1. The Bertz CT molecular complexity index is 301. The lowest BCUT2D eigenvalue weighted by atomic mass is 10.0. The van der Waals surface area contributed by atoms with Gasteiger partial charge in [-0.3, -0.25) is 0 Å². The molecule has 0 aliphatic carbocycles. The van der Waals surface area contributed by atoms with E-state index in [4.69, 9.17) is 5.73 Å². The third-order valence-corrected chi connectivity index (χ3v) is 2.69. The largest absolute Gasteiger partial charge is 0.382 e. The first kappa shape index (κ1) is 7.65. The maximum absolute atomic E-state index is 5.79. The highest BCUT2D eigenvalue weighted by Gasteiger charge is 2.20. The molecule has 0 radical (unpaired) electrons. The third kappa shape index (κ3) is 0.924. The second-order valence-electron chi connectivity index (χ2n) is 3.60. The third-order valence-electron chi connectivity index (χ3n) is 2.69. The average molecular weight is 165 g/mol. The first-order valence-corrected chi connectivity index (χ1v) is 4.53. The van der Waals surface area contributed by atoms with Gasteiger partial charge in [0.05, 0.1) is 5.69 Å².